The first-order valence-electron chi connectivity index (χ1n) is 6.34. The molecule has 0 spiro atoms. The van der Waals surface area contributed by atoms with Crippen LogP contribution < -0.4 is 11.2 Å². The van der Waals surface area contributed by atoms with Crippen LogP contribution in [-0.4, -0.2) is 23.9 Å². The number of fused-ring (bicyclic) bond motifs is 1. The Balaban J connectivity index is 2.03. The second-order valence-corrected chi connectivity index (χ2v) is 4.77. The van der Waals surface area contributed by atoms with Crippen LogP contribution in [0.1, 0.15) is 24.5 Å². The number of rotatable bonds is 2. The molecule has 2 aromatic heterocycles. The molecule has 1 aliphatic heterocycles. The summed E-state index contributed by atoms with van der Waals surface area (Å²) in [5.41, 5.74) is -0.642. The molecule has 0 saturated heterocycles. The maximum absolute atomic E-state index is 12.0. The summed E-state index contributed by atoms with van der Waals surface area (Å²) in [4.78, 5) is 23.7. The van der Waals surface area contributed by atoms with Gasteiger partial charge in [-0.1, -0.05) is 0 Å². The van der Waals surface area contributed by atoms with Crippen molar-refractivity contribution < 1.29 is 0 Å². The van der Waals surface area contributed by atoms with Gasteiger partial charge in [0.1, 0.15) is 5.82 Å². The first-order chi connectivity index (χ1) is 9.16. The molecule has 19 heavy (non-hydrogen) atoms. The number of hydrogen-bond donors (Lipinski definition) is 0. The number of hydrogen-bond acceptors (Lipinski definition) is 4. The molecular weight excluding hydrogens is 246 g/mol. The molecule has 0 radical (unpaired) electrons. The highest BCUT2D eigenvalue weighted by molar-refractivity contribution is 5.00. The molecule has 0 fully saturated rings. The van der Waals surface area contributed by atoms with Gasteiger partial charge in [0.05, 0.1) is 6.54 Å². The predicted octanol–water partition coefficient (Wildman–Crippen LogP) is -0.477. The Bertz CT molecular complexity index is 724. The first-order valence-corrected chi connectivity index (χ1v) is 6.34. The van der Waals surface area contributed by atoms with Crippen LogP contribution in [0.3, 0.4) is 0 Å². The maximum Gasteiger partial charge on any atom is 0.331 e. The van der Waals surface area contributed by atoms with Gasteiger partial charge in [-0.25, -0.2) is 4.79 Å². The van der Waals surface area contributed by atoms with Crippen molar-refractivity contribution in [3.8, 4) is 0 Å². The summed E-state index contributed by atoms with van der Waals surface area (Å²) in [5, 5.41) is 8.23. The first kappa shape index (κ1) is 11.9. The average molecular weight is 261 g/mol. The molecule has 0 unspecified atom stereocenters. The van der Waals surface area contributed by atoms with E-state index in [1.54, 1.807) is 7.05 Å². The third-order valence-electron chi connectivity index (χ3n) is 3.48. The summed E-state index contributed by atoms with van der Waals surface area (Å²) in [6.45, 7) is 1.04. The van der Waals surface area contributed by atoms with Gasteiger partial charge in [0, 0.05) is 32.3 Å². The van der Waals surface area contributed by atoms with E-state index in [1.165, 1.54) is 21.4 Å². The minimum atomic E-state index is -0.333. The predicted molar refractivity (Wildman–Crippen MR) is 68.0 cm³/mol. The van der Waals surface area contributed by atoms with Gasteiger partial charge in [0.2, 0.25) is 0 Å². The van der Waals surface area contributed by atoms with Crippen LogP contribution >= 0.6 is 0 Å². The Morgan fingerprint density at radius 1 is 1.26 bits per heavy atom. The molecule has 0 atom stereocenters. The van der Waals surface area contributed by atoms with E-state index in [1.807, 2.05) is 4.57 Å². The number of aromatic nitrogens is 5. The van der Waals surface area contributed by atoms with E-state index in [9.17, 15) is 9.59 Å². The van der Waals surface area contributed by atoms with E-state index in [4.69, 9.17) is 0 Å². The summed E-state index contributed by atoms with van der Waals surface area (Å²) in [6.07, 6.45) is 4.58. The van der Waals surface area contributed by atoms with E-state index < -0.39 is 0 Å². The highest BCUT2D eigenvalue weighted by Crippen LogP contribution is 2.14. The van der Waals surface area contributed by atoms with Gasteiger partial charge in [-0.05, 0) is 12.8 Å². The summed E-state index contributed by atoms with van der Waals surface area (Å²) < 4.78 is 4.59. The molecule has 0 aromatic carbocycles. The molecule has 7 nitrogen and oxygen atoms in total. The average Bonchev–Trinajstić information content (AvgIpc) is 2.83. The molecular formula is C12H15N5O2. The largest absolute Gasteiger partial charge is 0.331 e. The SMILES string of the molecule is Cn1ccc(=O)n(Cc2nnc3n2CCCC3)c1=O. The van der Waals surface area contributed by atoms with Gasteiger partial charge in [0.15, 0.2) is 5.82 Å². The van der Waals surface area contributed by atoms with Gasteiger partial charge >= 0.3 is 5.69 Å². The fourth-order valence-electron chi connectivity index (χ4n) is 2.39. The molecule has 100 valence electrons. The molecule has 3 heterocycles. The lowest BCUT2D eigenvalue weighted by atomic mass is 10.2. The topological polar surface area (TPSA) is 74.7 Å². The van der Waals surface area contributed by atoms with E-state index in [-0.39, 0.29) is 17.8 Å². The van der Waals surface area contributed by atoms with Crippen LogP contribution in [0.4, 0.5) is 0 Å². The zero-order chi connectivity index (χ0) is 13.4. The van der Waals surface area contributed by atoms with Crippen LogP contribution in [0.5, 0.6) is 0 Å². The molecule has 7 heteroatoms. The van der Waals surface area contributed by atoms with E-state index >= 15 is 0 Å². The monoisotopic (exact) mass is 261 g/mol. The Hall–Kier alpha value is -2.18. The highest BCUT2D eigenvalue weighted by Gasteiger charge is 2.17. The lowest BCUT2D eigenvalue weighted by Gasteiger charge is -2.15. The van der Waals surface area contributed by atoms with Crippen molar-refractivity contribution >= 4 is 0 Å². The molecule has 3 rings (SSSR count). The Morgan fingerprint density at radius 2 is 2.11 bits per heavy atom. The van der Waals surface area contributed by atoms with Gasteiger partial charge in [-0.3, -0.25) is 9.36 Å². The van der Waals surface area contributed by atoms with Crippen molar-refractivity contribution in [1.29, 1.82) is 0 Å². The molecule has 0 bridgehead atoms. The van der Waals surface area contributed by atoms with Crippen LogP contribution in [0.25, 0.3) is 0 Å². The molecule has 0 amide bonds. The van der Waals surface area contributed by atoms with Gasteiger partial charge in [-0.15, -0.1) is 10.2 Å². The van der Waals surface area contributed by atoms with Crippen LogP contribution in [0, 0.1) is 0 Å². The van der Waals surface area contributed by atoms with E-state index in [2.05, 4.69) is 10.2 Å². The highest BCUT2D eigenvalue weighted by atomic mass is 16.2. The minimum Gasteiger partial charge on any atom is -0.313 e. The van der Waals surface area contributed by atoms with Crippen LogP contribution in [-0.2, 0) is 26.6 Å². The zero-order valence-electron chi connectivity index (χ0n) is 10.7. The number of nitrogens with zero attached hydrogens (tertiary/aromatic N) is 5. The maximum atomic E-state index is 12.0. The van der Waals surface area contributed by atoms with Crippen LogP contribution in [0.15, 0.2) is 21.9 Å². The van der Waals surface area contributed by atoms with E-state index in [0.29, 0.717) is 5.82 Å². The minimum absolute atomic E-state index is 0.180. The van der Waals surface area contributed by atoms with E-state index in [0.717, 1.165) is 31.6 Å². The standard InChI is InChI=1S/C12H15N5O2/c1-15-7-5-11(18)17(12(15)19)8-10-14-13-9-4-2-3-6-16(9)10/h5,7H,2-4,6,8H2,1H3. The summed E-state index contributed by atoms with van der Waals surface area (Å²) in [6, 6.07) is 1.38. The smallest absolute Gasteiger partial charge is 0.313 e. The Kier molecular flexibility index (Phi) is 2.81. The number of aryl methyl sites for hydroxylation is 2. The Labute approximate surface area is 109 Å². The van der Waals surface area contributed by atoms with Crippen molar-refractivity contribution in [1.82, 2.24) is 23.9 Å². The van der Waals surface area contributed by atoms with Gasteiger partial charge < -0.3 is 9.13 Å². The molecule has 0 saturated carbocycles. The van der Waals surface area contributed by atoms with Crippen molar-refractivity contribution in [2.45, 2.75) is 32.4 Å². The van der Waals surface area contributed by atoms with Crippen molar-refractivity contribution in [3.63, 3.8) is 0 Å². The van der Waals surface area contributed by atoms with Gasteiger partial charge in [-0.2, -0.15) is 0 Å². The van der Waals surface area contributed by atoms with Crippen molar-refractivity contribution in [3.05, 3.63) is 44.8 Å². The molecule has 0 aliphatic carbocycles. The third kappa shape index (κ3) is 2.00. The second kappa shape index (κ2) is 4.49. The summed E-state index contributed by atoms with van der Waals surface area (Å²) >= 11 is 0. The summed E-state index contributed by atoms with van der Waals surface area (Å²) in [7, 11) is 1.62. The third-order valence-corrected chi connectivity index (χ3v) is 3.48. The zero-order valence-corrected chi connectivity index (χ0v) is 10.7. The fourth-order valence-corrected chi connectivity index (χ4v) is 2.39. The lowest BCUT2D eigenvalue weighted by molar-refractivity contribution is 0.495. The summed E-state index contributed by atoms with van der Waals surface area (Å²) in [5.74, 6) is 1.63. The Morgan fingerprint density at radius 3 is 2.95 bits per heavy atom. The second-order valence-electron chi connectivity index (χ2n) is 4.77. The normalized spacial score (nSPS) is 14.4. The van der Waals surface area contributed by atoms with Crippen molar-refractivity contribution in [2.24, 2.45) is 7.05 Å². The lowest BCUT2D eigenvalue weighted by Crippen LogP contribution is -2.38. The molecule has 0 N–H and O–H groups in total. The molecule has 1 aliphatic rings. The quantitative estimate of drug-likeness (QED) is 0.732. The fraction of sp³-hybridized carbons (Fsp3) is 0.500. The molecule has 2 aromatic rings. The van der Waals surface area contributed by atoms with Crippen LogP contribution in [0.2, 0.25) is 0 Å². The van der Waals surface area contributed by atoms with Crippen molar-refractivity contribution in [2.75, 3.05) is 0 Å². The van der Waals surface area contributed by atoms with Gasteiger partial charge in [0.25, 0.3) is 5.56 Å².